The molecule has 0 aliphatic rings. The molecule has 1 aromatic heterocycles. The van der Waals surface area contributed by atoms with Crippen LogP contribution in [0.4, 0.5) is 10.1 Å². The lowest BCUT2D eigenvalue weighted by Crippen LogP contribution is -2.07. The molecule has 3 nitrogen and oxygen atoms in total. The van der Waals surface area contributed by atoms with Gasteiger partial charge >= 0.3 is 0 Å². The predicted molar refractivity (Wildman–Crippen MR) is 57.5 cm³/mol. The van der Waals surface area contributed by atoms with Crippen molar-refractivity contribution in [1.82, 2.24) is 4.98 Å². The van der Waals surface area contributed by atoms with Crippen LogP contribution < -0.4 is 5.73 Å². The van der Waals surface area contributed by atoms with E-state index in [0.29, 0.717) is 6.42 Å². The quantitative estimate of drug-likeness (QED) is 0.639. The molecular formula is C10H12ClFN2O. The minimum absolute atomic E-state index is 0.116. The second-order valence-corrected chi connectivity index (χ2v) is 3.58. The number of unbranched alkanes of at least 4 members (excludes halogenated alkanes) is 1. The van der Waals surface area contributed by atoms with E-state index in [4.69, 9.17) is 17.3 Å². The first-order valence-corrected chi connectivity index (χ1v) is 5.08. The molecule has 0 aliphatic heterocycles. The van der Waals surface area contributed by atoms with Crippen LogP contribution in [0, 0.1) is 5.82 Å². The summed E-state index contributed by atoms with van der Waals surface area (Å²) < 4.78 is 13.2. The molecule has 1 rings (SSSR count). The number of nitrogens with zero attached hydrogens (tertiary/aromatic N) is 1. The van der Waals surface area contributed by atoms with Crippen molar-refractivity contribution in [2.24, 2.45) is 0 Å². The molecule has 2 N–H and O–H groups in total. The molecule has 0 saturated heterocycles. The summed E-state index contributed by atoms with van der Waals surface area (Å²) in [4.78, 5) is 15.1. The third-order valence-corrected chi connectivity index (χ3v) is 2.34. The van der Waals surface area contributed by atoms with Crippen molar-refractivity contribution in [3.63, 3.8) is 0 Å². The normalized spacial score (nSPS) is 10.3. The highest BCUT2D eigenvalue weighted by Crippen LogP contribution is 2.22. The third kappa shape index (κ3) is 2.65. The average Bonchev–Trinajstić information content (AvgIpc) is 2.23. The van der Waals surface area contributed by atoms with Gasteiger partial charge in [0.1, 0.15) is 0 Å². The van der Waals surface area contributed by atoms with E-state index in [0.717, 1.165) is 12.8 Å². The van der Waals surface area contributed by atoms with E-state index in [1.807, 2.05) is 6.92 Å². The molecule has 5 heteroatoms. The highest BCUT2D eigenvalue weighted by Gasteiger charge is 2.15. The first kappa shape index (κ1) is 11.9. The number of carbonyl (C=O) groups is 1. The Morgan fingerprint density at radius 1 is 1.67 bits per heavy atom. The molecule has 0 unspecified atom stereocenters. The fourth-order valence-corrected chi connectivity index (χ4v) is 1.32. The molecule has 0 fully saturated rings. The van der Waals surface area contributed by atoms with Gasteiger partial charge in [-0.1, -0.05) is 24.9 Å². The van der Waals surface area contributed by atoms with E-state index in [2.05, 4.69) is 4.98 Å². The van der Waals surface area contributed by atoms with Gasteiger partial charge in [0.2, 0.25) is 0 Å². The second kappa shape index (κ2) is 5.07. The Morgan fingerprint density at radius 3 is 2.93 bits per heavy atom. The molecular weight excluding hydrogens is 219 g/mol. The van der Waals surface area contributed by atoms with Gasteiger partial charge in [-0.3, -0.25) is 4.79 Å². The van der Waals surface area contributed by atoms with Crippen molar-refractivity contribution < 1.29 is 9.18 Å². The smallest absolute Gasteiger partial charge is 0.184 e. The van der Waals surface area contributed by atoms with Crippen molar-refractivity contribution in [2.75, 3.05) is 5.73 Å². The van der Waals surface area contributed by atoms with Crippen molar-refractivity contribution in [2.45, 2.75) is 26.2 Å². The summed E-state index contributed by atoms with van der Waals surface area (Å²) in [5.41, 5.74) is 5.34. The maximum Gasteiger partial charge on any atom is 0.184 e. The lowest BCUT2D eigenvalue weighted by atomic mass is 10.1. The number of Topliss-reactive ketones (excluding diaryl/α,β-unsaturated/α-hetero) is 1. The summed E-state index contributed by atoms with van der Waals surface area (Å²) in [6.45, 7) is 1.97. The van der Waals surface area contributed by atoms with E-state index >= 15 is 0 Å². The zero-order chi connectivity index (χ0) is 11.4. The standard InChI is InChI=1S/C10H12ClFN2O/c1-2-3-4-7(15)6-5-14-10(11)8(12)9(6)13/h5H,2-4H2,1H3,(H2,13,14). The van der Waals surface area contributed by atoms with E-state index in [1.54, 1.807) is 0 Å². The van der Waals surface area contributed by atoms with Crippen molar-refractivity contribution in [1.29, 1.82) is 0 Å². The first-order valence-electron chi connectivity index (χ1n) is 4.70. The van der Waals surface area contributed by atoms with Crippen molar-refractivity contribution in [3.05, 3.63) is 22.7 Å². The fourth-order valence-electron chi connectivity index (χ4n) is 1.17. The molecule has 0 atom stereocenters. The monoisotopic (exact) mass is 230 g/mol. The maximum atomic E-state index is 13.2. The number of hydrogen-bond donors (Lipinski definition) is 1. The minimum Gasteiger partial charge on any atom is -0.396 e. The molecule has 0 radical (unpaired) electrons. The largest absolute Gasteiger partial charge is 0.396 e. The molecule has 15 heavy (non-hydrogen) atoms. The van der Waals surface area contributed by atoms with Gasteiger partial charge in [0.05, 0.1) is 11.3 Å². The summed E-state index contributed by atoms with van der Waals surface area (Å²) in [6.07, 6.45) is 3.22. The van der Waals surface area contributed by atoms with Crippen LogP contribution in [0.1, 0.15) is 36.5 Å². The molecule has 0 aliphatic carbocycles. The Hall–Kier alpha value is -1.16. The van der Waals surface area contributed by atoms with E-state index < -0.39 is 5.82 Å². The van der Waals surface area contributed by atoms with Gasteiger partial charge in [0.15, 0.2) is 16.8 Å². The Kier molecular flexibility index (Phi) is 4.03. The van der Waals surface area contributed by atoms with Crippen LogP contribution in [0.5, 0.6) is 0 Å². The first-order chi connectivity index (χ1) is 7.07. The van der Waals surface area contributed by atoms with Crippen LogP contribution in [-0.2, 0) is 0 Å². The van der Waals surface area contributed by atoms with Crippen LogP contribution in [0.2, 0.25) is 5.15 Å². The number of ketones is 1. The van der Waals surface area contributed by atoms with Crippen LogP contribution in [-0.4, -0.2) is 10.8 Å². The Labute approximate surface area is 92.4 Å². The van der Waals surface area contributed by atoms with Gasteiger partial charge in [-0.2, -0.15) is 0 Å². The molecule has 0 amide bonds. The molecule has 0 spiro atoms. The second-order valence-electron chi connectivity index (χ2n) is 3.22. The van der Waals surface area contributed by atoms with E-state index in [-0.39, 0.29) is 22.2 Å². The number of halogens is 2. The molecule has 0 aromatic carbocycles. The van der Waals surface area contributed by atoms with Gasteiger partial charge in [0.25, 0.3) is 0 Å². The zero-order valence-corrected chi connectivity index (χ0v) is 9.14. The van der Waals surface area contributed by atoms with Crippen LogP contribution in [0.15, 0.2) is 6.20 Å². The van der Waals surface area contributed by atoms with Crippen molar-refractivity contribution >= 4 is 23.1 Å². The maximum absolute atomic E-state index is 13.2. The summed E-state index contributed by atoms with van der Waals surface area (Å²) in [6, 6.07) is 0. The molecule has 82 valence electrons. The number of rotatable bonds is 4. The topological polar surface area (TPSA) is 56.0 Å². The number of hydrogen-bond acceptors (Lipinski definition) is 3. The number of nitrogen functional groups attached to an aromatic ring is 1. The highest BCUT2D eigenvalue weighted by atomic mass is 35.5. The van der Waals surface area contributed by atoms with Crippen LogP contribution >= 0.6 is 11.6 Å². The van der Waals surface area contributed by atoms with Gasteiger partial charge in [-0.25, -0.2) is 9.37 Å². The zero-order valence-electron chi connectivity index (χ0n) is 8.39. The molecule has 0 saturated carbocycles. The lowest BCUT2D eigenvalue weighted by molar-refractivity contribution is 0.0980. The third-order valence-electron chi connectivity index (χ3n) is 2.07. The summed E-state index contributed by atoms with van der Waals surface area (Å²) >= 11 is 5.42. The molecule has 1 aromatic rings. The number of aromatic nitrogens is 1. The number of anilines is 1. The summed E-state index contributed by atoms with van der Waals surface area (Å²) in [7, 11) is 0. The number of nitrogens with two attached hydrogens (primary N) is 1. The average molecular weight is 231 g/mol. The molecule has 1 heterocycles. The molecule has 0 bridgehead atoms. The highest BCUT2D eigenvalue weighted by molar-refractivity contribution is 6.30. The Balaban J connectivity index is 2.95. The van der Waals surface area contributed by atoms with E-state index in [1.165, 1.54) is 6.20 Å². The Morgan fingerprint density at radius 2 is 2.33 bits per heavy atom. The van der Waals surface area contributed by atoms with Gasteiger partial charge in [0, 0.05) is 12.6 Å². The number of carbonyl (C=O) groups excluding carboxylic acids is 1. The van der Waals surface area contributed by atoms with Gasteiger partial charge in [-0.05, 0) is 6.42 Å². The van der Waals surface area contributed by atoms with Gasteiger partial charge < -0.3 is 5.73 Å². The van der Waals surface area contributed by atoms with Gasteiger partial charge in [-0.15, -0.1) is 0 Å². The van der Waals surface area contributed by atoms with Crippen LogP contribution in [0.3, 0.4) is 0 Å². The Bertz CT molecular complexity index is 382. The lowest BCUT2D eigenvalue weighted by Gasteiger charge is -2.05. The summed E-state index contributed by atoms with van der Waals surface area (Å²) in [5.74, 6) is -1.02. The summed E-state index contributed by atoms with van der Waals surface area (Å²) in [5, 5.41) is -0.306. The minimum atomic E-state index is -0.820. The SMILES string of the molecule is CCCCC(=O)c1cnc(Cl)c(F)c1N. The van der Waals surface area contributed by atoms with Crippen molar-refractivity contribution in [3.8, 4) is 0 Å². The number of pyridine rings is 1. The predicted octanol–water partition coefficient (Wildman–Crippen LogP) is 2.83. The van der Waals surface area contributed by atoms with Crippen LogP contribution in [0.25, 0.3) is 0 Å². The van der Waals surface area contributed by atoms with E-state index in [9.17, 15) is 9.18 Å². The fraction of sp³-hybridized carbons (Fsp3) is 0.400.